The van der Waals surface area contributed by atoms with E-state index in [1.165, 1.54) is 6.07 Å². The van der Waals surface area contributed by atoms with E-state index < -0.39 is 13.5 Å². The quantitative estimate of drug-likeness (QED) is 0.650. The van der Waals surface area contributed by atoms with Crippen molar-refractivity contribution in [2.45, 2.75) is 11.7 Å². The lowest BCUT2D eigenvalue weighted by atomic mass is 9.79. The number of halogens is 4. The minimum Gasteiger partial charge on any atom is -0.423 e. The first-order valence-electron chi connectivity index (χ1n) is 4.14. The van der Waals surface area contributed by atoms with Crippen molar-refractivity contribution in [1.29, 1.82) is 0 Å². The molecule has 3 nitrogen and oxygen atoms in total. The van der Waals surface area contributed by atoms with Gasteiger partial charge in [0.05, 0.1) is 0 Å². The maximum absolute atomic E-state index is 12.0. The summed E-state index contributed by atoms with van der Waals surface area (Å²) in [5, 5.41) is 17.8. The Morgan fingerprint density at radius 2 is 1.94 bits per heavy atom. The lowest BCUT2D eigenvalue weighted by Crippen LogP contribution is -2.30. The van der Waals surface area contributed by atoms with E-state index in [4.69, 9.17) is 10.0 Å². The van der Waals surface area contributed by atoms with E-state index in [0.29, 0.717) is 0 Å². The van der Waals surface area contributed by atoms with Crippen molar-refractivity contribution in [2.24, 2.45) is 0 Å². The van der Waals surface area contributed by atoms with Gasteiger partial charge in [0, 0.05) is 10.9 Å². The molecule has 0 fully saturated rings. The number of hydrogen-bond donors (Lipinski definition) is 2. The average molecular weight is 299 g/mol. The molecule has 0 aliphatic heterocycles. The molecular weight excluding hydrogens is 292 g/mol. The highest BCUT2D eigenvalue weighted by Gasteiger charge is 2.32. The van der Waals surface area contributed by atoms with Gasteiger partial charge in [0.15, 0.2) is 0 Å². The summed E-state index contributed by atoms with van der Waals surface area (Å²) in [5.74, 6) is -0.367. The van der Waals surface area contributed by atoms with Gasteiger partial charge < -0.3 is 14.8 Å². The zero-order valence-corrected chi connectivity index (χ0v) is 9.42. The predicted octanol–water partition coefficient (Wildman–Crippen LogP) is 1.16. The van der Waals surface area contributed by atoms with E-state index in [0.717, 1.165) is 12.1 Å². The molecule has 0 atom stereocenters. The highest BCUT2D eigenvalue weighted by molar-refractivity contribution is 9.08. The molecule has 1 aromatic rings. The SMILES string of the molecule is OB(O)c1ccc(OC(F)(F)F)c(CBr)c1. The topological polar surface area (TPSA) is 49.7 Å². The lowest BCUT2D eigenvalue weighted by Gasteiger charge is -2.13. The Morgan fingerprint density at radius 3 is 2.38 bits per heavy atom. The molecular formula is C8H7BBrF3O3. The third kappa shape index (κ3) is 3.69. The Hall–Kier alpha value is -0.725. The van der Waals surface area contributed by atoms with Crippen molar-refractivity contribution >= 4 is 28.5 Å². The lowest BCUT2D eigenvalue weighted by molar-refractivity contribution is -0.274. The van der Waals surface area contributed by atoms with E-state index >= 15 is 0 Å². The van der Waals surface area contributed by atoms with Crippen molar-refractivity contribution < 1.29 is 28.0 Å². The van der Waals surface area contributed by atoms with Gasteiger partial charge in [-0.05, 0) is 11.5 Å². The summed E-state index contributed by atoms with van der Waals surface area (Å²) >= 11 is 2.99. The van der Waals surface area contributed by atoms with Crippen LogP contribution in [0.15, 0.2) is 18.2 Å². The van der Waals surface area contributed by atoms with Crippen molar-refractivity contribution in [3.05, 3.63) is 23.8 Å². The number of hydrogen-bond acceptors (Lipinski definition) is 3. The summed E-state index contributed by atoms with van der Waals surface area (Å²) in [4.78, 5) is 0. The first kappa shape index (κ1) is 13.3. The van der Waals surface area contributed by atoms with Crippen LogP contribution >= 0.6 is 15.9 Å². The third-order valence-electron chi connectivity index (χ3n) is 1.75. The molecule has 0 amide bonds. The van der Waals surface area contributed by atoms with Crippen LogP contribution in [0.4, 0.5) is 13.2 Å². The summed E-state index contributed by atoms with van der Waals surface area (Å²) in [7, 11) is -1.72. The first-order valence-corrected chi connectivity index (χ1v) is 5.26. The molecule has 0 aromatic heterocycles. The van der Waals surface area contributed by atoms with Crippen LogP contribution in [0, 0.1) is 0 Å². The summed E-state index contributed by atoms with van der Waals surface area (Å²) in [6.45, 7) is 0. The molecule has 0 aliphatic carbocycles. The second-order valence-electron chi connectivity index (χ2n) is 2.92. The highest BCUT2D eigenvalue weighted by Crippen LogP contribution is 2.26. The van der Waals surface area contributed by atoms with Crippen LogP contribution in [-0.4, -0.2) is 23.5 Å². The van der Waals surface area contributed by atoms with Crippen LogP contribution < -0.4 is 10.2 Å². The van der Waals surface area contributed by atoms with Crippen LogP contribution in [0.5, 0.6) is 5.75 Å². The molecule has 0 bridgehead atoms. The smallest absolute Gasteiger partial charge is 0.423 e. The fourth-order valence-electron chi connectivity index (χ4n) is 1.09. The van der Waals surface area contributed by atoms with Crippen molar-refractivity contribution in [3.63, 3.8) is 0 Å². The monoisotopic (exact) mass is 298 g/mol. The number of rotatable bonds is 3. The van der Waals surface area contributed by atoms with Crippen LogP contribution in [0.1, 0.15) is 5.56 Å². The first-order chi connectivity index (χ1) is 7.33. The molecule has 0 unspecified atom stereocenters. The Morgan fingerprint density at radius 1 is 1.31 bits per heavy atom. The van der Waals surface area contributed by atoms with E-state index in [-0.39, 0.29) is 22.1 Å². The average Bonchev–Trinajstić information content (AvgIpc) is 2.15. The maximum atomic E-state index is 12.0. The summed E-state index contributed by atoms with van der Waals surface area (Å²) in [6, 6.07) is 3.41. The summed E-state index contributed by atoms with van der Waals surface area (Å²) in [6.07, 6.45) is -4.77. The van der Waals surface area contributed by atoms with Gasteiger partial charge in [-0.15, -0.1) is 13.2 Å². The van der Waals surface area contributed by atoms with Crippen LogP contribution in [-0.2, 0) is 5.33 Å². The number of benzene rings is 1. The zero-order valence-electron chi connectivity index (χ0n) is 7.83. The molecule has 8 heteroatoms. The fourth-order valence-corrected chi connectivity index (χ4v) is 1.53. The minimum atomic E-state index is -4.77. The Kier molecular flexibility index (Phi) is 4.23. The van der Waals surface area contributed by atoms with Gasteiger partial charge in [-0.25, -0.2) is 0 Å². The molecule has 2 N–H and O–H groups in total. The molecule has 0 saturated carbocycles. The highest BCUT2D eigenvalue weighted by atomic mass is 79.9. The molecule has 0 saturated heterocycles. The number of alkyl halides is 4. The van der Waals surface area contributed by atoms with Gasteiger partial charge >= 0.3 is 13.5 Å². The van der Waals surface area contributed by atoms with Gasteiger partial charge in [0.2, 0.25) is 0 Å². The normalized spacial score (nSPS) is 11.4. The van der Waals surface area contributed by atoms with E-state index in [1.54, 1.807) is 0 Å². The fraction of sp³-hybridized carbons (Fsp3) is 0.250. The largest absolute Gasteiger partial charge is 0.573 e. The van der Waals surface area contributed by atoms with E-state index in [2.05, 4.69) is 20.7 Å². The molecule has 1 aromatic carbocycles. The zero-order chi connectivity index (χ0) is 12.3. The Labute approximate surface area is 98.1 Å². The maximum Gasteiger partial charge on any atom is 0.573 e. The Bertz CT molecular complexity index is 370. The van der Waals surface area contributed by atoms with Crippen LogP contribution in [0.3, 0.4) is 0 Å². The Balaban J connectivity index is 3.02. The molecule has 1 rings (SSSR count). The molecule has 16 heavy (non-hydrogen) atoms. The van der Waals surface area contributed by atoms with Crippen molar-refractivity contribution in [3.8, 4) is 5.75 Å². The molecule has 88 valence electrons. The summed E-state index contributed by atoms with van der Waals surface area (Å²) in [5.41, 5.74) is 0.284. The minimum absolute atomic E-state index is 0.101. The van der Waals surface area contributed by atoms with Crippen molar-refractivity contribution in [1.82, 2.24) is 0 Å². The van der Waals surface area contributed by atoms with Crippen LogP contribution in [0.25, 0.3) is 0 Å². The predicted molar refractivity (Wildman–Crippen MR) is 55.6 cm³/mol. The molecule has 0 heterocycles. The van der Waals surface area contributed by atoms with E-state index in [9.17, 15) is 13.2 Å². The van der Waals surface area contributed by atoms with Gasteiger partial charge in [0.25, 0.3) is 0 Å². The molecule has 0 aliphatic rings. The van der Waals surface area contributed by atoms with E-state index in [1.807, 2.05) is 0 Å². The van der Waals surface area contributed by atoms with Gasteiger partial charge in [0.1, 0.15) is 5.75 Å². The second-order valence-corrected chi connectivity index (χ2v) is 3.48. The van der Waals surface area contributed by atoms with Gasteiger partial charge in [-0.2, -0.15) is 0 Å². The van der Waals surface area contributed by atoms with Crippen molar-refractivity contribution in [2.75, 3.05) is 0 Å². The third-order valence-corrected chi connectivity index (χ3v) is 2.36. The van der Waals surface area contributed by atoms with Crippen LogP contribution in [0.2, 0.25) is 0 Å². The number of ether oxygens (including phenoxy) is 1. The van der Waals surface area contributed by atoms with Gasteiger partial charge in [-0.1, -0.05) is 28.1 Å². The summed E-state index contributed by atoms with van der Waals surface area (Å²) < 4.78 is 39.7. The standard InChI is InChI=1S/C8H7BBrF3O3/c10-4-5-3-6(9(14)15)1-2-7(5)16-8(11,12)13/h1-3,14-15H,4H2. The van der Waals surface area contributed by atoms with Gasteiger partial charge in [-0.3, -0.25) is 0 Å². The second kappa shape index (κ2) is 5.07. The molecule has 0 spiro atoms. The molecule has 0 radical (unpaired) electrons.